The third-order valence-corrected chi connectivity index (χ3v) is 6.49. The van der Waals surface area contributed by atoms with Gasteiger partial charge in [-0.1, -0.05) is 18.2 Å². The highest BCUT2D eigenvalue weighted by Gasteiger charge is 2.25. The van der Waals surface area contributed by atoms with Crippen molar-refractivity contribution in [2.75, 3.05) is 11.9 Å². The summed E-state index contributed by atoms with van der Waals surface area (Å²) in [5.41, 5.74) is 3.50. The summed E-state index contributed by atoms with van der Waals surface area (Å²) >= 11 is 0. The van der Waals surface area contributed by atoms with E-state index in [0.717, 1.165) is 48.9 Å². The van der Waals surface area contributed by atoms with E-state index in [-0.39, 0.29) is 12.3 Å². The lowest BCUT2D eigenvalue weighted by atomic mass is 9.92. The molecule has 0 amide bonds. The van der Waals surface area contributed by atoms with Crippen LogP contribution >= 0.6 is 0 Å². The lowest BCUT2D eigenvalue weighted by Gasteiger charge is -2.31. The summed E-state index contributed by atoms with van der Waals surface area (Å²) in [5, 5.41) is 9.49. The van der Waals surface area contributed by atoms with Gasteiger partial charge in [0.25, 0.3) is 0 Å². The number of nitrogens with zero attached hydrogens (tertiary/aromatic N) is 2. The normalized spacial score (nSPS) is 24.6. The van der Waals surface area contributed by atoms with Crippen molar-refractivity contribution in [3.05, 3.63) is 54.2 Å². The summed E-state index contributed by atoms with van der Waals surface area (Å²) in [4.78, 5) is 0. The average molecular weight is 406 g/mol. The molecule has 1 N–H and O–H groups in total. The SMILES string of the molecule is Cc1c(O[C@H]2CCC[C@@H](Nc3ccccc3)C2)ccc2c1cnn2C1CCCCO1. The van der Waals surface area contributed by atoms with Gasteiger partial charge in [-0.25, -0.2) is 4.68 Å². The van der Waals surface area contributed by atoms with Crippen LogP contribution in [0.15, 0.2) is 48.7 Å². The number of ether oxygens (including phenoxy) is 2. The summed E-state index contributed by atoms with van der Waals surface area (Å²) in [6, 6.07) is 15.2. The number of anilines is 1. The van der Waals surface area contributed by atoms with Crippen LogP contribution in [-0.4, -0.2) is 28.5 Å². The van der Waals surface area contributed by atoms with Crippen LogP contribution in [-0.2, 0) is 4.74 Å². The van der Waals surface area contributed by atoms with Crippen molar-refractivity contribution in [2.24, 2.45) is 0 Å². The molecule has 0 bridgehead atoms. The molecule has 5 rings (SSSR count). The second kappa shape index (κ2) is 8.68. The molecule has 2 fully saturated rings. The molecule has 30 heavy (non-hydrogen) atoms. The van der Waals surface area contributed by atoms with Crippen LogP contribution < -0.4 is 10.1 Å². The van der Waals surface area contributed by atoms with E-state index >= 15 is 0 Å². The molecule has 5 heteroatoms. The van der Waals surface area contributed by atoms with E-state index in [9.17, 15) is 0 Å². The largest absolute Gasteiger partial charge is 0.490 e. The van der Waals surface area contributed by atoms with Crippen LogP contribution in [0.2, 0.25) is 0 Å². The van der Waals surface area contributed by atoms with Gasteiger partial charge in [0, 0.05) is 35.7 Å². The maximum Gasteiger partial charge on any atom is 0.150 e. The van der Waals surface area contributed by atoms with E-state index in [4.69, 9.17) is 9.47 Å². The first-order chi connectivity index (χ1) is 14.8. The maximum atomic E-state index is 6.51. The third kappa shape index (κ3) is 4.04. The summed E-state index contributed by atoms with van der Waals surface area (Å²) < 4.78 is 14.5. The summed E-state index contributed by atoms with van der Waals surface area (Å²) in [6.45, 7) is 2.97. The number of nitrogens with one attached hydrogen (secondary N) is 1. The van der Waals surface area contributed by atoms with Crippen LogP contribution in [0.4, 0.5) is 5.69 Å². The molecule has 158 valence electrons. The van der Waals surface area contributed by atoms with Crippen molar-refractivity contribution in [1.82, 2.24) is 9.78 Å². The first-order valence-corrected chi connectivity index (χ1v) is 11.3. The minimum absolute atomic E-state index is 0.0607. The van der Waals surface area contributed by atoms with Gasteiger partial charge in [0.2, 0.25) is 0 Å². The van der Waals surface area contributed by atoms with E-state index in [2.05, 4.69) is 59.8 Å². The standard InChI is InChI=1S/C25H31N3O2/c1-18-22-17-26-28(25-12-5-6-15-29-25)23(22)13-14-24(18)30-21-11-7-10-20(16-21)27-19-8-3-2-4-9-19/h2-4,8-9,13-14,17,20-21,25,27H,5-7,10-12,15-16H2,1H3/t20-,21+,25?/m1/s1. The van der Waals surface area contributed by atoms with Crippen LogP contribution in [0.25, 0.3) is 10.9 Å². The molecule has 1 aromatic heterocycles. The molecule has 1 aliphatic heterocycles. The minimum Gasteiger partial charge on any atom is -0.490 e. The molecule has 3 aromatic rings. The van der Waals surface area contributed by atoms with E-state index in [1.54, 1.807) is 0 Å². The molecule has 2 aromatic carbocycles. The lowest BCUT2D eigenvalue weighted by Crippen LogP contribution is -2.33. The van der Waals surface area contributed by atoms with Crippen molar-refractivity contribution in [3.63, 3.8) is 0 Å². The summed E-state index contributed by atoms with van der Waals surface area (Å²) in [6.07, 6.45) is 10.2. The van der Waals surface area contributed by atoms with Crippen LogP contribution in [0, 0.1) is 6.92 Å². The topological polar surface area (TPSA) is 48.3 Å². The second-order valence-corrected chi connectivity index (χ2v) is 8.65. The lowest BCUT2D eigenvalue weighted by molar-refractivity contribution is -0.0366. The number of para-hydroxylation sites is 1. The Labute approximate surface area is 178 Å². The van der Waals surface area contributed by atoms with Gasteiger partial charge in [-0.15, -0.1) is 0 Å². The first kappa shape index (κ1) is 19.4. The molecule has 0 radical (unpaired) electrons. The molecule has 1 saturated heterocycles. The van der Waals surface area contributed by atoms with Crippen LogP contribution in [0.3, 0.4) is 0 Å². The van der Waals surface area contributed by atoms with Crippen molar-refractivity contribution in [1.29, 1.82) is 0 Å². The molecular formula is C25H31N3O2. The number of aromatic nitrogens is 2. The van der Waals surface area contributed by atoms with Crippen molar-refractivity contribution in [2.45, 2.75) is 70.2 Å². The second-order valence-electron chi connectivity index (χ2n) is 8.65. The van der Waals surface area contributed by atoms with Gasteiger partial charge in [-0.2, -0.15) is 5.10 Å². The molecule has 0 spiro atoms. The molecule has 1 saturated carbocycles. The number of hydrogen-bond donors (Lipinski definition) is 1. The Morgan fingerprint density at radius 3 is 2.77 bits per heavy atom. The van der Waals surface area contributed by atoms with E-state index in [1.165, 1.54) is 30.5 Å². The third-order valence-electron chi connectivity index (χ3n) is 6.49. The van der Waals surface area contributed by atoms with Crippen molar-refractivity contribution < 1.29 is 9.47 Å². The highest BCUT2D eigenvalue weighted by atomic mass is 16.5. The maximum absolute atomic E-state index is 6.51. The highest BCUT2D eigenvalue weighted by molar-refractivity contribution is 5.84. The molecule has 2 aliphatic rings. The number of rotatable bonds is 5. The summed E-state index contributed by atoms with van der Waals surface area (Å²) in [7, 11) is 0. The van der Waals surface area contributed by atoms with Crippen molar-refractivity contribution >= 4 is 16.6 Å². The Balaban J connectivity index is 1.29. The van der Waals surface area contributed by atoms with Crippen LogP contribution in [0.5, 0.6) is 5.75 Å². The Morgan fingerprint density at radius 1 is 1.03 bits per heavy atom. The molecule has 1 aliphatic carbocycles. The fourth-order valence-corrected chi connectivity index (χ4v) is 4.85. The Morgan fingerprint density at radius 2 is 1.93 bits per heavy atom. The Hall–Kier alpha value is -2.53. The minimum atomic E-state index is 0.0607. The predicted octanol–water partition coefficient (Wildman–Crippen LogP) is 5.85. The zero-order valence-electron chi connectivity index (χ0n) is 17.7. The molecule has 3 atom stereocenters. The fraction of sp³-hybridized carbons (Fsp3) is 0.480. The van der Waals surface area contributed by atoms with Gasteiger partial charge < -0.3 is 14.8 Å². The van der Waals surface area contributed by atoms with Gasteiger partial charge >= 0.3 is 0 Å². The van der Waals surface area contributed by atoms with E-state index < -0.39 is 0 Å². The average Bonchev–Trinajstić information content (AvgIpc) is 3.22. The fourth-order valence-electron chi connectivity index (χ4n) is 4.85. The summed E-state index contributed by atoms with van der Waals surface area (Å²) in [5.74, 6) is 0.983. The first-order valence-electron chi connectivity index (χ1n) is 11.3. The molecule has 2 heterocycles. The van der Waals surface area contributed by atoms with Crippen LogP contribution in [0.1, 0.15) is 56.7 Å². The Kier molecular flexibility index (Phi) is 5.63. The number of fused-ring (bicyclic) bond motifs is 1. The molecular weight excluding hydrogens is 374 g/mol. The van der Waals surface area contributed by atoms with Gasteiger partial charge in [-0.05, 0) is 69.7 Å². The van der Waals surface area contributed by atoms with Crippen molar-refractivity contribution in [3.8, 4) is 5.75 Å². The van der Waals surface area contributed by atoms with Gasteiger partial charge in [0.05, 0.1) is 11.7 Å². The van der Waals surface area contributed by atoms with Gasteiger partial charge in [-0.3, -0.25) is 0 Å². The number of hydrogen-bond acceptors (Lipinski definition) is 4. The molecule has 5 nitrogen and oxygen atoms in total. The number of aryl methyl sites for hydroxylation is 1. The smallest absolute Gasteiger partial charge is 0.150 e. The zero-order valence-corrected chi connectivity index (χ0v) is 17.7. The highest BCUT2D eigenvalue weighted by Crippen LogP contribution is 2.33. The van der Waals surface area contributed by atoms with Gasteiger partial charge in [0.1, 0.15) is 11.9 Å². The molecule has 1 unspecified atom stereocenters. The zero-order chi connectivity index (χ0) is 20.3. The predicted molar refractivity (Wildman–Crippen MR) is 120 cm³/mol. The monoisotopic (exact) mass is 405 g/mol. The van der Waals surface area contributed by atoms with E-state index in [1.807, 2.05) is 10.9 Å². The van der Waals surface area contributed by atoms with Gasteiger partial charge in [0.15, 0.2) is 6.23 Å². The number of benzene rings is 2. The van der Waals surface area contributed by atoms with E-state index in [0.29, 0.717) is 6.04 Å². The quantitative estimate of drug-likeness (QED) is 0.579. The Bertz CT molecular complexity index is 979.